The van der Waals surface area contributed by atoms with E-state index < -0.39 is 10.0 Å². The highest BCUT2D eigenvalue weighted by Crippen LogP contribution is 2.26. The van der Waals surface area contributed by atoms with Crippen LogP contribution in [0.1, 0.15) is 11.1 Å². The first kappa shape index (κ1) is 15.1. The summed E-state index contributed by atoms with van der Waals surface area (Å²) in [7, 11) is -2.24. The molecule has 110 valence electrons. The second-order valence-corrected chi connectivity index (χ2v) is 6.61. The van der Waals surface area contributed by atoms with E-state index in [1.165, 1.54) is 7.05 Å². The Hall–Kier alpha value is -2.34. The van der Waals surface area contributed by atoms with Gasteiger partial charge in [-0.1, -0.05) is 30.3 Å². The van der Waals surface area contributed by atoms with E-state index in [1.54, 1.807) is 55.5 Å². The zero-order valence-electron chi connectivity index (χ0n) is 11.9. The van der Waals surface area contributed by atoms with Gasteiger partial charge in [0.05, 0.1) is 10.6 Å². The standard InChI is InChI=1S/C15H17N3O2S/c1-11-7-3-6-10-14(11)21(19,20)18(2)13-9-5-4-8-12(13)15(16)17/h3-10H,1-2H3,(H3,16,17). The van der Waals surface area contributed by atoms with Crippen LogP contribution in [0.5, 0.6) is 0 Å². The molecule has 6 heteroatoms. The molecule has 2 rings (SSSR count). The molecule has 0 aromatic heterocycles. The van der Waals surface area contributed by atoms with Crippen molar-refractivity contribution in [2.45, 2.75) is 11.8 Å². The van der Waals surface area contributed by atoms with Gasteiger partial charge in [-0.15, -0.1) is 0 Å². The molecule has 21 heavy (non-hydrogen) atoms. The minimum atomic E-state index is -3.70. The molecular formula is C15H17N3O2S. The molecular weight excluding hydrogens is 286 g/mol. The number of hydrogen-bond donors (Lipinski definition) is 2. The van der Waals surface area contributed by atoms with Crippen molar-refractivity contribution in [3.05, 3.63) is 59.7 Å². The quantitative estimate of drug-likeness (QED) is 0.670. The van der Waals surface area contributed by atoms with E-state index >= 15 is 0 Å². The Morgan fingerprint density at radius 3 is 2.29 bits per heavy atom. The van der Waals surface area contributed by atoms with Crippen LogP contribution in [0.2, 0.25) is 0 Å². The molecule has 0 heterocycles. The van der Waals surface area contributed by atoms with Crippen molar-refractivity contribution in [1.82, 2.24) is 0 Å². The molecule has 0 radical (unpaired) electrons. The Morgan fingerprint density at radius 2 is 1.67 bits per heavy atom. The van der Waals surface area contributed by atoms with Gasteiger partial charge < -0.3 is 5.73 Å². The van der Waals surface area contributed by atoms with Crippen LogP contribution in [0, 0.1) is 12.3 Å². The summed E-state index contributed by atoms with van der Waals surface area (Å²) in [6, 6.07) is 13.5. The van der Waals surface area contributed by atoms with Crippen molar-refractivity contribution < 1.29 is 8.42 Å². The Bertz CT molecular complexity index is 785. The number of nitrogens with one attached hydrogen (secondary N) is 1. The topological polar surface area (TPSA) is 87.2 Å². The molecule has 5 nitrogen and oxygen atoms in total. The monoisotopic (exact) mass is 303 g/mol. The van der Waals surface area contributed by atoms with Crippen molar-refractivity contribution in [2.75, 3.05) is 11.4 Å². The van der Waals surface area contributed by atoms with Crippen LogP contribution in [0.25, 0.3) is 0 Å². The van der Waals surface area contributed by atoms with Crippen LogP contribution >= 0.6 is 0 Å². The maximum atomic E-state index is 12.7. The summed E-state index contributed by atoms with van der Waals surface area (Å²) < 4.78 is 26.6. The summed E-state index contributed by atoms with van der Waals surface area (Å²) in [4.78, 5) is 0.242. The number of nitrogen functional groups attached to an aromatic ring is 1. The van der Waals surface area contributed by atoms with E-state index in [0.717, 1.165) is 4.31 Å². The molecule has 0 fully saturated rings. The normalized spacial score (nSPS) is 11.1. The molecule has 2 aromatic rings. The molecule has 0 aliphatic carbocycles. The lowest BCUT2D eigenvalue weighted by atomic mass is 10.1. The molecule has 0 aliphatic heterocycles. The van der Waals surface area contributed by atoms with E-state index in [0.29, 0.717) is 16.8 Å². The third-order valence-electron chi connectivity index (χ3n) is 3.27. The summed E-state index contributed by atoms with van der Waals surface area (Å²) in [6.45, 7) is 1.75. The molecule has 0 spiro atoms. The molecule has 0 amide bonds. The molecule has 0 bridgehead atoms. The van der Waals surface area contributed by atoms with Crippen LogP contribution in [0.3, 0.4) is 0 Å². The fraction of sp³-hybridized carbons (Fsp3) is 0.133. The molecule has 0 unspecified atom stereocenters. The van der Waals surface area contributed by atoms with Gasteiger partial charge in [-0.3, -0.25) is 9.71 Å². The summed E-state index contributed by atoms with van der Waals surface area (Å²) in [6.07, 6.45) is 0. The highest BCUT2D eigenvalue weighted by Gasteiger charge is 2.24. The number of benzene rings is 2. The summed E-state index contributed by atoms with van der Waals surface area (Å²) >= 11 is 0. The van der Waals surface area contributed by atoms with Gasteiger partial charge in [0.1, 0.15) is 5.84 Å². The zero-order chi connectivity index (χ0) is 15.6. The molecule has 2 aromatic carbocycles. The van der Waals surface area contributed by atoms with Crippen LogP contribution < -0.4 is 10.0 Å². The third kappa shape index (κ3) is 2.75. The lowest BCUT2D eigenvalue weighted by Crippen LogP contribution is -2.29. The number of rotatable bonds is 4. The van der Waals surface area contributed by atoms with Gasteiger partial charge in [0.15, 0.2) is 0 Å². The maximum absolute atomic E-state index is 12.7. The third-order valence-corrected chi connectivity index (χ3v) is 5.20. The average molecular weight is 303 g/mol. The van der Waals surface area contributed by atoms with E-state index in [9.17, 15) is 8.42 Å². The van der Waals surface area contributed by atoms with Crippen molar-refractivity contribution in [1.29, 1.82) is 5.41 Å². The SMILES string of the molecule is Cc1ccccc1S(=O)(=O)N(C)c1ccccc1C(=N)N. The van der Waals surface area contributed by atoms with Crippen LogP contribution in [0.15, 0.2) is 53.4 Å². The lowest BCUT2D eigenvalue weighted by Gasteiger charge is -2.22. The molecule has 3 N–H and O–H groups in total. The number of aryl methyl sites for hydroxylation is 1. The van der Waals surface area contributed by atoms with Crippen molar-refractivity contribution >= 4 is 21.5 Å². The van der Waals surface area contributed by atoms with E-state index in [2.05, 4.69) is 0 Å². The zero-order valence-corrected chi connectivity index (χ0v) is 12.7. The van der Waals surface area contributed by atoms with Gasteiger partial charge in [-0.2, -0.15) is 0 Å². The number of nitrogens with two attached hydrogens (primary N) is 1. The van der Waals surface area contributed by atoms with Gasteiger partial charge in [0, 0.05) is 12.6 Å². The van der Waals surface area contributed by atoms with Crippen molar-refractivity contribution in [3.63, 3.8) is 0 Å². The van der Waals surface area contributed by atoms with E-state index in [-0.39, 0.29) is 10.7 Å². The number of amidine groups is 1. The molecule has 0 atom stereocenters. The van der Waals surface area contributed by atoms with Gasteiger partial charge in [-0.05, 0) is 30.7 Å². The summed E-state index contributed by atoms with van der Waals surface area (Å²) in [5.41, 5.74) is 6.97. The lowest BCUT2D eigenvalue weighted by molar-refractivity contribution is 0.594. The smallest absolute Gasteiger partial charge is 0.264 e. The minimum Gasteiger partial charge on any atom is -0.384 e. The summed E-state index contributed by atoms with van der Waals surface area (Å²) in [5.74, 6) is -0.169. The van der Waals surface area contributed by atoms with Crippen molar-refractivity contribution in [3.8, 4) is 0 Å². The Kier molecular flexibility index (Phi) is 3.99. The van der Waals surface area contributed by atoms with Crippen LogP contribution in [-0.4, -0.2) is 21.3 Å². The highest BCUT2D eigenvalue weighted by atomic mass is 32.2. The van der Waals surface area contributed by atoms with Gasteiger partial charge in [0.2, 0.25) is 0 Å². The fourth-order valence-electron chi connectivity index (χ4n) is 2.10. The second-order valence-electron chi connectivity index (χ2n) is 4.67. The predicted octanol–water partition coefficient (Wildman–Crippen LogP) is 2.10. The first-order valence-corrected chi connectivity index (χ1v) is 7.77. The Balaban J connectivity index is 2.57. The Morgan fingerprint density at radius 1 is 1.10 bits per heavy atom. The minimum absolute atomic E-state index is 0.169. The average Bonchev–Trinajstić information content (AvgIpc) is 2.46. The second kappa shape index (κ2) is 5.57. The predicted molar refractivity (Wildman–Crippen MR) is 84.2 cm³/mol. The maximum Gasteiger partial charge on any atom is 0.264 e. The first-order valence-electron chi connectivity index (χ1n) is 6.33. The van der Waals surface area contributed by atoms with Crippen LogP contribution in [0.4, 0.5) is 5.69 Å². The largest absolute Gasteiger partial charge is 0.384 e. The number of hydrogen-bond acceptors (Lipinski definition) is 3. The molecule has 0 saturated carbocycles. The molecule has 0 saturated heterocycles. The fourth-order valence-corrected chi connectivity index (χ4v) is 3.54. The first-order chi connectivity index (χ1) is 9.85. The molecule has 0 aliphatic rings. The number of sulfonamides is 1. The van der Waals surface area contributed by atoms with Crippen LogP contribution in [-0.2, 0) is 10.0 Å². The van der Waals surface area contributed by atoms with E-state index in [1.807, 2.05) is 0 Å². The number of anilines is 1. The van der Waals surface area contributed by atoms with Gasteiger partial charge in [0.25, 0.3) is 10.0 Å². The van der Waals surface area contributed by atoms with Crippen molar-refractivity contribution in [2.24, 2.45) is 5.73 Å². The Labute approximate surface area is 124 Å². The van der Waals surface area contributed by atoms with Gasteiger partial charge in [-0.25, -0.2) is 8.42 Å². The summed E-state index contributed by atoms with van der Waals surface area (Å²) in [5, 5.41) is 7.58. The van der Waals surface area contributed by atoms with Gasteiger partial charge >= 0.3 is 0 Å². The van der Waals surface area contributed by atoms with E-state index in [4.69, 9.17) is 11.1 Å². The number of nitrogens with zero attached hydrogens (tertiary/aromatic N) is 1. The number of para-hydroxylation sites is 1. The highest BCUT2D eigenvalue weighted by molar-refractivity contribution is 7.92.